The number of nitrogens with zero attached hydrogens (tertiary/aromatic N) is 3. The van der Waals surface area contributed by atoms with Gasteiger partial charge < -0.3 is 5.73 Å². The molecule has 0 bridgehead atoms. The lowest BCUT2D eigenvalue weighted by atomic mass is 10.1. The third-order valence-corrected chi connectivity index (χ3v) is 6.78. The second kappa shape index (κ2) is 5.11. The van der Waals surface area contributed by atoms with Crippen LogP contribution in [0.4, 0.5) is 5.82 Å². The predicted octanol–water partition coefficient (Wildman–Crippen LogP) is 1.90. The van der Waals surface area contributed by atoms with E-state index in [0.29, 0.717) is 12.2 Å². The monoisotopic (exact) mass is 326 g/mol. The molecular formula is C13H18N4O2S2. The summed E-state index contributed by atoms with van der Waals surface area (Å²) in [6.07, 6.45) is 1.70. The molecule has 8 heteroatoms. The summed E-state index contributed by atoms with van der Waals surface area (Å²) >= 11 is 1.58. The van der Waals surface area contributed by atoms with Crippen molar-refractivity contribution in [1.29, 1.82) is 0 Å². The number of aryl methyl sites for hydroxylation is 1. The van der Waals surface area contributed by atoms with Crippen molar-refractivity contribution in [3.05, 3.63) is 28.1 Å². The highest BCUT2D eigenvalue weighted by atomic mass is 32.2. The lowest BCUT2D eigenvalue weighted by Crippen LogP contribution is -2.31. The maximum atomic E-state index is 13.0. The van der Waals surface area contributed by atoms with Crippen LogP contribution in [0, 0.1) is 6.92 Å². The molecule has 2 aromatic heterocycles. The Morgan fingerprint density at radius 3 is 2.81 bits per heavy atom. The molecule has 114 valence electrons. The predicted molar refractivity (Wildman–Crippen MR) is 82.5 cm³/mol. The average molecular weight is 326 g/mol. The van der Waals surface area contributed by atoms with Crippen LogP contribution in [0.5, 0.6) is 0 Å². The van der Waals surface area contributed by atoms with Gasteiger partial charge in [0.2, 0.25) is 10.0 Å². The molecule has 0 saturated carbocycles. The first-order valence-electron chi connectivity index (χ1n) is 6.76. The number of hydrogen-bond acceptors (Lipinski definition) is 5. The second-order valence-electron chi connectivity index (χ2n) is 5.25. The molecule has 0 aliphatic carbocycles. The van der Waals surface area contributed by atoms with Gasteiger partial charge in [-0.15, -0.1) is 0 Å². The van der Waals surface area contributed by atoms with E-state index in [1.165, 1.54) is 4.68 Å². The molecule has 2 aromatic rings. The molecule has 1 fully saturated rings. The Balaban J connectivity index is 2.05. The molecule has 6 nitrogen and oxygen atoms in total. The molecule has 1 aliphatic heterocycles. The smallest absolute Gasteiger partial charge is 0.249 e. The van der Waals surface area contributed by atoms with Gasteiger partial charge in [0.1, 0.15) is 4.90 Å². The van der Waals surface area contributed by atoms with Crippen molar-refractivity contribution in [2.75, 3.05) is 12.3 Å². The highest BCUT2D eigenvalue weighted by molar-refractivity contribution is 7.89. The minimum absolute atomic E-state index is 0.0750. The van der Waals surface area contributed by atoms with Crippen molar-refractivity contribution >= 4 is 27.2 Å². The Morgan fingerprint density at radius 2 is 2.24 bits per heavy atom. The highest BCUT2D eigenvalue weighted by Crippen LogP contribution is 2.39. The molecule has 21 heavy (non-hydrogen) atoms. The van der Waals surface area contributed by atoms with Gasteiger partial charge in [-0.1, -0.05) is 0 Å². The first-order chi connectivity index (χ1) is 9.93. The van der Waals surface area contributed by atoms with Crippen LogP contribution in [0.15, 0.2) is 21.7 Å². The standard InChI is InChI=1S/C13H18N4O2S2/c1-9-12(13(14)15-16(9)2)21(18,19)17-6-3-4-11(17)10-5-7-20-8-10/h5,7-8,11H,3-4,6H2,1-2H3,(H2,14,15). The molecule has 2 N–H and O–H groups in total. The molecule has 0 spiro atoms. The van der Waals surface area contributed by atoms with E-state index in [2.05, 4.69) is 5.10 Å². The quantitative estimate of drug-likeness (QED) is 0.934. The molecule has 3 heterocycles. The summed E-state index contributed by atoms with van der Waals surface area (Å²) in [6.45, 7) is 2.25. The van der Waals surface area contributed by atoms with Gasteiger partial charge in [0.25, 0.3) is 0 Å². The number of rotatable bonds is 3. The Hall–Kier alpha value is -1.38. The summed E-state index contributed by atoms with van der Waals surface area (Å²) in [6, 6.07) is 1.89. The zero-order valence-corrected chi connectivity index (χ0v) is 13.6. The maximum Gasteiger partial charge on any atom is 0.249 e. The van der Waals surface area contributed by atoms with E-state index in [1.807, 2.05) is 16.8 Å². The van der Waals surface area contributed by atoms with Crippen LogP contribution in [0.1, 0.15) is 30.1 Å². The topological polar surface area (TPSA) is 81.2 Å². The van der Waals surface area contributed by atoms with Crippen molar-refractivity contribution in [3.63, 3.8) is 0 Å². The van der Waals surface area contributed by atoms with Gasteiger partial charge in [0.15, 0.2) is 5.82 Å². The van der Waals surface area contributed by atoms with Crippen molar-refractivity contribution in [2.45, 2.75) is 30.7 Å². The SMILES string of the molecule is Cc1c(S(=O)(=O)N2CCCC2c2ccsc2)c(N)nn1C. The first-order valence-corrected chi connectivity index (χ1v) is 9.14. The molecule has 1 atom stereocenters. The van der Waals surface area contributed by atoms with Crippen LogP contribution in [-0.4, -0.2) is 29.0 Å². The van der Waals surface area contributed by atoms with E-state index >= 15 is 0 Å². The number of nitrogens with two attached hydrogens (primary N) is 1. The fourth-order valence-electron chi connectivity index (χ4n) is 2.88. The Kier molecular flexibility index (Phi) is 3.54. The van der Waals surface area contributed by atoms with Crippen LogP contribution in [0.2, 0.25) is 0 Å². The van der Waals surface area contributed by atoms with Gasteiger partial charge in [-0.25, -0.2) is 8.42 Å². The normalized spacial score (nSPS) is 20.2. The zero-order valence-electron chi connectivity index (χ0n) is 12.0. The van der Waals surface area contributed by atoms with Gasteiger partial charge >= 0.3 is 0 Å². The van der Waals surface area contributed by atoms with Gasteiger partial charge in [0.05, 0.1) is 11.7 Å². The largest absolute Gasteiger partial charge is 0.381 e. The molecule has 1 saturated heterocycles. The van der Waals surface area contributed by atoms with Gasteiger partial charge in [-0.2, -0.15) is 20.7 Å². The van der Waals surface area contributed by atoms with Crippen molar-refractivity contribution in [1.82, 2.24) is 14.1 Å². The zero-order chi connectivity index (χ0) is 15.2. The molecule has 0 radical (unpaired) electrons. The van der Waals surface area contributed by atoms with Gasteiger partial charge in [0, 0.05) is 13.6 Å². The molecule has 1 unspecified atom stereocenters. The third-order valence-electron chi connectivity index (χ3n) is 4.00. The van der Waals surface area contributed by atoms with Gasteiger partial charge in [-0.3, -0.25) is 4.68 Å². The second-order valence-corrected chi connectivity index (χ2v) is 7.86. The fourth-order valence-corrected chi connectivity index (χ4v) is 5.56. The Bertz CT molecular complexity index is 749. The van der Waals surface area contributed by atoms with Crippen molar-refractivity contribution in [2.24, 2.45) is 7.05 Å². The van der Waals surface area contributed by atoms with Crippen molar-refractivity contribution in [3.8, 4) is 0 Å². The lowest BCUT2D eigenvalue weighted by Gasteiger charge is -2.23. The van der Waals surface area contributed by atoms with Gasteiger partial charge in [-0.05, 0) is 42.2 Å². The van der Waals surface area contributed by atoms with E-state index < -0.39 is 10.0 Å². The molecular weight excluding hydrogens is 308 g/mol. The number of anilines is 1. The summed E-state index contributed by atoms with van der Waals surface area (Å²) in [5, 5.41) is 8.01. The van der Waals surface area contributed by atoms with Crippen LogP contribution in [-0.2, 0) is 17.1 Å². The minimum Gasteiger partial charge on any atom is -0.381 e. The number of thiophene rings is 1. The molecule has 1 aliphatic rings. The van der Waals surface area contributed by atoms with E-state index in [-0.39, 0.29) is 16.8 Å². The van der Waals surface area contributed by atoms with E-state index in [0.717, 1.165) is 18.4 Å². The summed E-state index contributed by atoms with van der Waals surface area (Å²) < 4.78 is 29.1. The summed E-state index contributed by atoms with van der Waals surface area (Å²) in [4.78, 5) is 0.145. The number of nitrogen functional groups attached to an aromatic ring is 1. The summed E-state index contributed by atoms with van der Waals surface area (Å²) in [7, 11) is -1.93. The molecule has 3 rings (SSSR count). The van der Waals surface area contributed by atoms with Crippen LogP contribution in [0.3, 0.4) is 0 Å². The number of hydrogen-bond donors (Lipinski definition) is 1. The first kappa shape index (κ1) is 14.6. The third kappa shape index (κ3) is 2.27. The lowest BCUT2D eigenvalue weighted by molar-refractivity contribution is 0.397. The average Bonchev–Trinajstić information content (AvgIpc) is 3.11. The van der Waals surface area contributed by atoms with Crippen molar-refractivity contribution < 1.29 is 8.42 Å². The Morgan fingerprint density at radius 1 is 1.48 bits per heavy atom. The van der Waals surface area contributed by atoms with E-state index in [4.69, 9.17) is 5.73 Å². The van der Waals surface area contributed by atoms with Crippen LogP contribution >= 0.6 is 11.3 Å². The van der Waals surface area contributed by atoms with Crippen LogP contribution in [0.25, 0.3) is 0 Å². The van der Waals surface area contributed by atoms with E-state index in [9.17, 15) is 8.42 Å². The fraction of sp³-hybridized carbons (Fsp3) is 0.462. The van der Waals surface area contributed by atoms with Crippen LogP contribution < -0.4 is 5.73 Å². The summed E-state index contributed by atoms with van der Waals surface area (Å²) in [5.74, 6) is 0.0750. The molecule has 0 aromatic carbocycles. The number of sulfonamides is 1. The van der Waals surface area contributed by atoms with E-state index in [1.54, 1.807) is 29.6 Å². The maximum absolute atomic E-state index is 13.0. The Labute approximate surface area is 128 Å². The summed E-state index contributed by atoms with van der Waals surface area (Å²) in [5.41, 5.74) is 7.45. The molecule has 0 amide bonds. The minimum atomic E-state index is -3.62. The highest BCUT2D eigenvalue weighted by Gasteiger charge is 2.39. The number of aromatic nitrogens is 2.